The molecule has 0 heterocycles. The minimum Gasteiger partial charge on any atom is -0.393 e. The van der Waals surface area contributed by atoms with Crippen LogP contribution in [0.3, 0.4) is 0 Å². The Kier molecular flexibility index (Phi) is 3.53. The summed E-state index contributed by atoms with van der Waals surface area (Å²) in [5.41, 5.74) is -0.190. The van der Waals surface area contributed by atoms with Crippen LogP contribution in [0.2, 0.25) is 0 Å². The van der Waals surface area contributed by atoms with E-state index < -0.39 is 17.1 Å². The summed E-state index contributed by atoms with van der Waals surface area (Å²) in [5, 5.41) is 22.1. The molecule has 0 spiro atoms. The van der Waals surface area contributed by atoms with Crippen LogP contribution >= 0.6 is 0 Å². The molecule has 0 unspecified atom stereocenters. The smallest absolute Gasteiger partial charge is 0.188 e. The van der Waals surface area contributed by atoms with E-state index in [4.69, 9.17) is 0 Å². The van der Waals surface area contributed by atoms with Gasteiger partial charge in [-0.1, -0.05) is 25.5 Å². The van der Waals surface area contributed by atoms with Gasteiger partial charge in [0.25, 0.3) is 0 Å². The molecule has 0 saturated heterocycles. The highest BCUT2D eigenvalue weighted by molar-refractivity contribution is 6.18. The predicted octanol–water partition coefficient (Wildman–Crippen LogP) is 2.59. The highest BCUT2D eigenvalue weighted by atomic mass is 16.3. The first-order valence-corrected chi connectivity index (χ1v) is 9.48. The molecular weight excluding hydrogens is 316 g/mol. The Morgan fingerprint density at radius 3 is 2.64 bits per heavy atom. The standard InChI is InChI=1S/C21H28O4/c1-19-9-12(11-22)16(23)8-13(19)4-5-14-15-6-7-21(3,25)20(15,2)10-17(24)18(14)19/h8-9,11,14-15,17-18,24-25H,4-7,10H2,1-3H3/t14-,15-,17-,18+,19+,20-,21+/m1/s1. The summed E-state index contributed by atoms with van der Waals surface area (Å²) in [5.74, 6) is 0.476. The van der Waals surface area contributed by atoms with Crippen LogP contribution in [0.25, 0.3) is 0 Å². The molecule has 4 heteroatoms. The number of allylic oxidation sites excluding steroid dienone is 4. The fourth-order valence-corrected chi connectivity index (χ4v) is 6.77. The molecule has 0 aliphatic heterocycles. The van der Waals surface area contributed by atoms with Gasteiger partial charge in [-0.25, -0.2) is 0 Å². The number of carbonyl (C=O) groups excluding carboxylic acids is 2. The third kappa shape index (κ3) is 2.07. The number of carbonyl (C=O) groups is 2. The first-order valence-electron chi connectivity index (χ1n) is 9.48. The second-order valence-electron chi connectivity index (χ2n) is 9.37. The highest BCUT2D eigenvalue weighted by Gasteiger charge is 2.64. The van der Waals surface area contributed by atoms with Crippen LogP contribution in [0.1, 0.15) is 52.9 Å². The van der Waals surface area contributed by atoms with Gasteiger partial charge in [0, 0.05) is 16.7 Å². The Labute approximate surface area is 149 Å². The van der Waals surface area contributed by atoms with E-state index >= 15 is 0 Å². The maximum absolute atomic E-state index is 12.1. The second-order valence-corrected chi connectivity index (χ2v) is 9.37. The summed E-state index contributed by atoms with van der Waals surface area (Å²) in [6.07, 6.45) is 7.65. The fourth-order valence-electron chi connectivity index (χ4n) is 6.77. The lowest BCUT2D eigenvalue weighted by molar-refractivity contribution is -0.158. The summed E-state index contributed by atoms with van der Waals surface area (Å²) < 4.78 is 0. The fraction of sp³-hybridized carbons (Fsp3) is 0.714. The maximum atomic E-state index is 12.1. The number of hydrogen-bond acceptors (Lipinski definition) is 4. The van der Waals surface area contributed by atoms with Crippen molar-refractivity contribution < 1.29 is 19.8 Å². The molecule has 25 heavy (non-hydrogen) atoms. The molecule has 0 aromatic rings. The monoisotopic (exact) mass is 344 g/mol. The first kappa shape index (κ1) is 17.2. The molecule has 4 nitrogen and oxygen atoms in total. The van der Waals surface area contributed by atoms with Gasteiger partial charge in [-0.3, -0.25) is 9.59 Å². The normalized spacial score (nSPS) is 51.8. The van der Waals surface area contributed by atoms with Gasteiger partial charge in [0.15, 0.2) is 12.1 Å². The van der Waals surface area contributed by atoms with Crippen molar-refractivity contribution in [2.24, 2.45) is 28.6 Å². The SMILES string of the molecule is C[C@]12C=C(C=O)C(=O)C=C1CC[C@H]1[C@H]2[C@H](O)C[C@]2(C)[C@@H]1CC[C@]2(C)O. The van der Waals surface area contributed by atoms with E-state index in [1.54, 1.807) is 6.08 Å². The lowest BCUT2D eigenvalue weighted by atomic mass is 9.46. The van der Waals surface area contributed by atoms with E-state index in [-0.39, 0.29) is 22.7 Å². The van der Waals surface area contributed by atoms with E-state index in [9.17, 15) is 19.8 Å². The number of fused-ring (bicyclic) bond motifs is 5. The van der Waals surface area contributed by atoms with E-state index in [2.05, 4.69) is 13.8 Å². The molecule has 4 aliphatic carbocycles. The molecule has 3 saturated carbocycles. The summed E-state index contributed by atoms with van der Waals surface area (Å²) in [7, 11) is 0. The summed E-state index contributed by atoms with van der Waals surface area (Å²) in [6.45, 7) is 6.12. The topological polar surface area (TPSA) is 74.6 Å². The van der Waals surface area contributed by atoms with Gasteiger partial charge >= 0.3 is 0 Å². The van der Waals surface area contributed by atoms with Crippen molar-refractivity contribution in [1.29, 1.82) is 0 Å². The number of aliphatic hydroxyl groups excluding tert-OH is 1. The molecular formula is C21H28O4. The van der Waals surface area contributed by atoms with E-state index in [0.717, 1.165) is 31.3 Å². The summed E-state index contributed by atoms with van der Waals surface area (Å²) in [4.78, 5) is 23.4. The van der Waals surface area contributed by atoms with Gasteiger partial charge in [0.05, 0.1) is 17.3 Å². The molecule has 2 N–H and O–H groups in total. The molecule has 4 rings (SSSR count). The van der Waals surface area contributed by atoms with E-state index in [1.807, 2.05) is 13.0 Å². The average Bonchev–Trinajstić information content (AvgIpc) is 2.76. The third-order valence-corrected chi connectivity index (χ3v) is 8.32. The number of rotatable bonds is 1. The summed E-state index contributed by atoms with van der Waals surface area (Å²) >= 11 is 0. The minimum absolute atomic E-state index is 0.00234. The van der Waals surface area contributed by atoms with Crippen molar-refractivity contribution in [3.63, 3.8) is 0 Å². The van der Waals surface area contributed by atoms with Gasteiger partial charge in [0.1, 0.15) is 0 Å². The van der Waals surface area contributed by atoms with Crippen molar-refractivity contribution >= 4 is 12.1 Å². The van der Waals surface area contributed by atoms with Crippen molar-refractivity contribution in [3.05, 3.63) is 23.3 Å². The van der Waals surface area contributed by atoms with Crippen LogP contribution < -0.4 is 0 Å². The van der Waals surface area contributed by atoms with Crippen LogP contribution in [0.4, 0.5) is 0 Å². The van der Waals surface area contributed by atoms with E-state index in [1.165, 1.54) is 0 Å². The van der Waals surface area contributed by atoms with Crippen molar-refractivity contribution in [2.45, 2.75) is 64.6 Å². The lowest BCUT2D eigenvalue weighted by Crippen LogP contribution is -2.58. The maximum Gasteiger partial charge on any atom is 0.188 e. The molecule has 7 atom stereocenters. The zero-order valence-electron chi connectivity index (χ0n) is 15.3. The molecule has 0 bridgehead atoms. The van der Waals surface area contributed by atoms with Gasteiger partial charge < -0.3 is 10.2 Å². The molecule has 136 valence electrons. The van der Waals surface area contributed by atoms with Gasteiger partial charge in [-0.2, -0.15) is 0 Å². The van der Waals surface area contributed by atoms with Crippen molar-refractivity contribution in [3.8, 4) is 0 Å². The third-order valence-electron chi connectivity index (χ3n) is 8.32. The minimum atomic E-state index is -0.743. The van der Waals surface area contributed by atoms with Crippen LogP contribution in [-0.4, -0.2) is 34.0 Å². The van der Waals surface area contributed by atoms with Crippen LogP contribution in [-0.2, 0) is 9.59 Å². The number of hydrogen-bond donors (Lipinski definition) is 2. The molecule has 0 aromatic heterocycles. The Morgan fingerprint density at radius 2 is 1.96 bits per heavy atom. The Morgan fingerprint density at radius 1 is 1.24 bits per heavy atom. The summed E-state index contributed by atoms with van der Waals surface area (Å²) in [6, 6.07) is 0. The predicted molar refractivity (Wildman–Crippen MR) is 93.6 cm³/mol. The van der Waals surface area contributed by atoms with Crippen LogP contribution in [0, 0.1) is 28.6 Å². The largest absolute Gasteiger partial charge is 0.393 e. The van der Waals surface area contributed by atoms with Crippen molar-refractivity contribution in [1.82, 2.24) is 0 Å². The zero-order valence-corrected chi connectivity index (χ0v) is 15.3. The van der Waals surface area contributed by atoms with Crippen LogP contribution in [0.5, 0.6) is 0 Å². The molecule has 0 aromatic carbocycles. The Balaban J connectivity index is 1.79. The quantitative estimate of drug-likeness (QED) is 0.566. The first-order chi connectivity index (χ1) is 11.6. The van der Waals surface area contributed by atoms with Gasteiger partial charge in [0.2, 0.25) is 0 Å². The number of aldehydes is 1. The Bertz CT molecular complexity index is 703. The van der Waals surface area contributed by atoms with Crippen LogP contribution in [0.15, 0.2) is 23.3 Å². The van der Waals surface area contributed by atoms with Gasteiger partial charge in [-0.05, 0) is 56.9 Å². The van der Waals surface area contributed by atoms with E-state index in [0.29, 0.717) is 24.5 Å². The molecule has 4 aliphatic rings. The molecule has 0 amide bonds. The Hall–Kier alpha value is -1.26. The average molecular weight is 344 g/mol. The zero-order chi connectivity index (χ0) is 18.2. The van der Waals surface area contributed by atoms with Crippen molar-refractivity contribution in [2.75, 3.05) is 0 Å². The second kappa shape index (κ2) is 5.14. The number of ketones is 1. The van der Waals surface area contributed by atoms with Gasteiger partial charge in [-0.15, -0.1) is 0 Å². The number of aliphatic hydroxyl groups is 2. The highest BCUT2D eigenvalue weighted by Crippen LogP contribution is 2.66. The molecule has 0 radical (unpaired) electrons. The lowest BCUT2D eigenvalue weighted by Gasteiger charge is -2.59. The molecule has 3 fully saturated rings.